The lowest BCUT2D eigenvalue weighted by atomic mass is 10.00. The van der Waals surface area contributed by atoms with E-state index in [4.69, 9.17) is 16.3 Å². The van der Waals surface area contributed by atoms with Crippen LogP contribution in [-0.2, 0) is 19.1 Å². The third-order valence-corrected chi connectivity index (χ3v) is 4.06. The van der Waals surface area contributed by atoms with Crippen molar-refractivity contribution >= 4 is 40.7 Å². The molecule has 1 amide bonds. The predicted octanol–water partition coefficient (Wildman–Crippen LogP) is 2.57. The zero-order valence-corrected chi connectivity index (χ0v) is 14.3. The molecule has 7 heteroatoms. The number of hydrogen-bond donors (Lipinski definition) is 0. The van der Waals surface area contributed by atoms with Gasteiger partial charge in [-0.15, -0.1) is 0 Å². The van der Waals surface area contributed by atoms with Crippen molar-refractivity contribution in [3.05, 3.63) is 76.5 Å². The number of nitrogens with zero attached hydrogens (tertiary/aromatic N) is 1. The second kappa shape index (κ2) is 6.93. The molecule has 2 aromatic carbocycles. The van der Waals surface area contributed by atoms with Crippen LogP contribution in [0.15, 0.2) is 65.9 Å². The minimum Gasteiger partial charge on any atom is -0.464 e. The normalized spacial score (nSPS) is 14.0. The van der Waals surface area contributed by atoms with Gasteiger partial charge in [0.25, 0.3) is 5.78 Å². The number of benzene rings is 2. The van der Waals surface area contributed by atoms with Gasteiger partial charge in [-0.3, -0.25) is 19.3 Å². The van der Waals surface area contributed by atoms with Gasteiger partial charge in [0.15, 0.2) is 11.5 Å². The molecule has 0 saturated heterocycles. The molecule has 0 atom stereocenters. The van der Waals surface area contributed by atoms with E-state index in [1.807, 2.05) is 0 Å². The summed E-state index contributed by atoms with van der Waals surface area (Å²) in [4.78, 5) is 51.0. The van der Waals surface area contributed by atoms with Crippen LogP contribution in [0.25, 0.3) is 0 Å². The number of hydrogen-bond acceptors (Lipinski definition) is 5. The molecule has 130 valence electrons. The third-order valence-electron chi connectivity index (χ3n) is 3.81. The monoisotopic (exact) mass is 369 g/mol. The van der Waals surface area contributed by atoms with Gasteiger partial charge in [-0.1, -0.05) is 29.8 Å². The molecule has 0 spiro atoms. The van der Waals surface area contributed by atoms with E-state index in [0.29, 0.717) is 5.02 Å². The zero-order valence-electron chi connectivity index (χ0n) is 13.6. The number of esters is 1. The van der Waals surface area contributed by atoms with Gasteiger partial charge in [0.1, 0.15) is 5.57 Å². The second-order valence-electron chi connectivity index (χ2n) is 5.36. The van der Waals surface area contributed by atoms with Crippen molar-refractivity contribution in [3.63, 3.8) is 0 Å². The molecule has 3 rings (SSSR count). The molecule has 0 N–H and O–H groups in total. The van der Waals surface area contributed by atoms with Crippen molar-refractivity contribution in [3.8, 4) is 0 Å². The van der Waals surface area contributed by atoms with Crippen LogP contribution in [0.5, 0.6) is 0 Å². The van der Waals surface area contributed by atoms with Gasteiger partial charge in [-0.2, -0.15) is 0 Å². The fraction of sp³-hybridized carbons (Fsp3) is 0.0526. The Balaban J connectivity index is 2.19. The molecule has 0 saturated carbocycles. The molecule has 0 fully saturated rings. The highest BCUT2D eigenvalue weighted by Gasteiger charge is 2.46. The average Bonchev–Trinajstić information content (AvgIpc) is 2.93. The minimum absolute atomic E-state index is 0.127. The Morgan fingerprint density at radius 2 is 1.58 bits per heavy atom. The molecule has 1 aliphatic heterocycles. The molecule has 1 heterocycles. The van der Waals surface area contributed by atoms with Gasteiger partial charge in [0.05, 0.1) is 7.11 Å². The van der Waals surface area contributed by atoms with Gasteiger partial charge in [0, 0.05) is 16.3 Å². The highest BCUT2D eigenvalue weighted by molar-refractivity contribution is 6.59. The van der Waals surface area contributed by atoms with Crippen LogP contribution in [0, 0.1) is 0 Å². The number of ether oxygens (including phenoxy) is 1. The Hall–Kier alpha value is -3.25. The van der Waals surface area contributed by atoms with Crippen molar-refractivity contribution in [2.75, 3.05) is 12.0 Å². The van der Waals surface area contributed by atoms with Gasteiger partial charge in [0.2, 0.25) is 0 Å². The standard InChI is InChI=1S/C19H12ClNO5/c1-26-19(25)15-14(16(22)11-7-9-12(20)10-8-11)17(23)18(24)21(15)13-5-3-2-4-6-13/h2-10H,1H3. The number of anilines is 1. The smallest absolute Gasteiger partial charge is 0.356 e. The van der Waals surface area contributed by atoms with Crippen LogP contribution >= 0.6 is 11.6 Å². The number of methoxy groups -OCH3 is 1. The fourth-order valence-electron chi connectivity index (χ4n) is 2.60. The van der Waals surface area contributed by atoms with Crippen molar-refractivity contribution < 1.29 is 23.9 Å². The summed E-state index contributed by atoms with van der Waals surface area (Å²) in [5.74, 6) is -3.76. The van der Waals surface area contributed by atoms with Crippen LogP contribution in [0.2, 0.25) is 5.02 Å². The fourth-order valence-corrected chi connectivity index (χ4v) is 2.73. The van der Waals surface area contributed by atoms with Gasteiger partial charge >= 0.3 is 11.9 Å². The van der Waals surface area contributed by atoms with Crippen LogP contribution in [0.4, 0.5) is 5.69 Å². The first kappa shape index (κ1) is 17.6. The van der Waals surface area contributed by atoms with Crippen molar-refractivity contribution in [1.82, 2.24) is 0 Å². The van der Waals surface area contributed by atoms with Crippen molar-refractivity contribution in [1.29, 1.82) is 0 Å². The lowest BCUT2D eigenvalue weighted by Gasteiger charge is -2.18. The number of rotatable bonds is 4. The third kappa shape index (κ3) is 2.91. The molecule has 0 bridgehead atoms. The number of carbonyl (C=O) groups excluding carboxylic acids is 4. The maximum absolute atomic E-state index is 12.8. The van der Waals surface area contributed by atoms with E-state index in [0.717, 1.165) is 12.0 Å². The Morgan fingerprint density at radius 3 is 2.15 bits per heavy atom. The molecule has 0 aromatic heterocycles. The summed E-state index contributed by atoms with van der Waals surface area (Å²) >= 11 is 5.81. The largest absolute Gasteiger partial charge is 0.464 e. The van der Waals surface area contributed by atoms with E-state index in [1.54, 1.807) is 30.3 Å². The quantitative estimate of drug-likeness (QED) is 0.358. The van der Waals surface area contributed by atoms with Crippen LogP contribution in [-0.4, -0.2) is 30.6 Å². The van der Waals surface area contributed by atoms with E-state index >= 15 is 0 Å². The first-order chi connectivity index (χ1) is 12.5. The highest BCUT2D eigenvalue weighted by atomic mass is 35.5. The lowest BCUT2D eigenvalue weighted by molar-refractivity contribution is -0.136. The average molecular weight is 370 g/mol. The van der Waals surface area contributed by atoms with E-state index in [2.05, 4.69) is 0 Å². The summed E-state index contributed by atoms with van der Waals surface area (Å²) < 4.78 is 4.70. The number of halogens is 1. The zero-order chi connectivity index (χ0) is 18.8. The molecule has 0 aliphatic carbocycles. The van der Waals surface area contributed by atoms with Crippen molar-refractivity contribution in [2.24, 2.45) is 0 Å². The summed E-state index contributed by atoms with van der Waals surface area (Å²) in [7, 11) is 1.11. The van der Waals surface area contributed by atoms with Crippen LogP contribution in [0.1, 0.15) is 10.4 Å². The Labute approximate surface area is 153 Å². The maximum atomic E-state index is 12.8. The van der Waals surface area contributed by atoms with Gasteiger partial charge in [-0.25, -0.2) is 4.79 Å². The summed E-state index contributed by atoms with van der Waals surface area (Å²) in [5, 5.41) is 0.406. The molecular formula is C19H12ClNO5. The van der Waals surface area contributed by atoms with E-state index in [1.165, 1.54) is 24.3 Å². The maximum Gasteiger partial charge on any atom is 0.356 e. The number of amides is 1. The Morgan fingerprint density at radius 1 is 0.962 bits per heavy atom. The van der Waals surface area contributed by atoms with Crippen LogP contribution in [0.3, 0.4) is 0 Å². The topological polar surface area (TPSA) is 80.8 Å². The van der Waals surface area contributed by atoms with E-state index in [-0.39, 0.29) is 11.3 Å². The molecule has 6 nitrogen and oxygen atoms in total. The first-order valence-electron chi connectivity index (χ1n) is 7.52. The van der Waals surface area contributed by atoms with Gasteiger partial charge in [-0.05, 0) is 36.4 Å². The Kier molecular flexibility index (Phi) is 4.69. The number of para-hydroxylation sites is 1. The first-order valence-corrected chi connectivity index (χ1v) is 7.90. The summed E-state index contributed by atoms with van der Waals surface area (Å²) in [6.07, 6.45) is 0. The molecular weight excluding hydrogens is 358 g/mol. The summed E-state index contributed by atoms with van der Waals surface area (Å²) in [5.41, 5.74) is -0.506. The molecule has 0 unspecified atom stereocenters. The number of ketones is 2. The summed E-state index contributed by atoms with van der Waals surface area (Å²) in [6, 6.07) is 13.9. The van der Waals surface area contributed by atoms with E-state index in [9.17, 15) is 19.2 Å². The highest BCUT2D eigenvalue weighted by Crippen LogP contribution is 2.31. The van der Waals surface area contributed by atoms with Crippen LogP contribution < -0.4 is 4.90 Å². The number of Topliss-reactive ketones (excluding diaryl/α,β-unsaturated/α-hetero) is 2. The predicted molar refractivity (Wildman–Crippen MR) is 93.8 cm³/mol. The molecule has 1 aliphatic rings. The second-order valence-corrected chi connectivity index (χ2v) is 5.79. The molecule has 2 aromatic rings. The van der Waals surface area contributed by atoms with Gasteiger partial charge < -0.3 is 4.74 Å². The SMILES string of the molecule is COC(=O)C1=C(C(=O)c2ccc(Cl)cc2)C(=O)C(=O)N1c1ccccc1. The minimum atomic E-state index is -1.06. The van der Waals surface area contributed by atoms with E-state index < -0.39 is 34.7 Å². The molecule has 0 radical (unpaired) electrons. The Bertz CT molecular complexity index is 948. The summed E-state index contributed by atoms with van der Waals surface area (Å²) in [6.45, 7) is 0. The number of carbonyl (C=O) groups is 4. The molecule has 26 heavy (non-hydrogen) atoms. The lowest BCUT2D eigenvalue weighted by Crippen LogP contribution is -2.31. The van der Waals surface area contributed by atoms with Crippen molar-refractivity contribution in [2.45, 2.75) is 0 Å².